The Labute approximate surface area is 169 Å². The van der Waals surface area contributed by atoms with Gasteiger partial charge in [-0.1, -0.05) is 31.2 Å². The summed E-state index contributed by atoms with van der Waals surface area (Å²) in [5.41, 5.74) is 0.812. The predicted molar refractivity (Wildman–Crippen MR) is 110 cm³/mol. The Morgan fingerprint density at radius 3 is 2.39 bits per heavy atom. The fraction of sp³-hybridized carbons (Fsp3) is 0.143. The summed E-state index contributed by atoms with van der Waals surface area (Å²) in [4.78, 5) is 17.0. The molecule has 5 nitrogen and oxygen atoms in total. The van der Waals surface area contributed by atoms with E-state index in [1.54, 1.807) is 42.5 Å². The third kappa shape index (κ3) is 4.77. The zero-order chi connectivity index (χ0) is 19.4. The van der Waals surface area contributed by atoms with Crippen LogP contribution in [0.25, 0.3) is 0 Å². The highest BCUT2D eigenvalue weighted by atomic mass is 35.5. The number of ketones is 1. The third-order valence-electron chi connectivity index (χ3n) is 3.98. The third-order valence-corrected chi connectivity index (χ3v) is 5.89. The number of methoxy groups -OCH3 is 1. The van der Waals surface area contributed by atoms with Crippen molar-refractivity contribution < 1.29 is 17.9 Å². The van der Waals surface area contributed by atoms with E-state index in [0.29, 0.717) is 16.3 Å². The molecule has 0 spiro atoms. The highest BCUT2D eigenvalue weighted by Crippen LogP contribution is 2.25. The van der Waals surface area contributed by atoms with E-state index in [2.05, 4.69) is 4.98 Å². The first kappa shape index (κ1) is 21.6. The zero-order valence-corrected chi connectivity index (χ0v) is 16.0. The molecule has 3 rings (SSSR count). The summed E-state index contributed by atoms with van der Waals surface area (Å²) < 4.78 is 30.6. The molecule has 0 fully saturated rings. The fourth-order valence-corrected chi connectivity index (χ4v) is 4.14. The number of carbonyl (C=O) groups excluding carboxylic acids is 1. The minimum Gasteiger partial charge on any atom is -0.497 e. The number of aromatic nitrogens is 1. The van der Waals surface area contributed by atoms with Crippen molar-refractivity contribution in [3.63, 3.8) is 0 Å². The first-order valence-electron chi connectivity index (χ1n) is 8.02. The number of benzene rings is 2. The van der Waals surface area contributed by atoms with E-state index in [-0.39, 0.29) is 35.1 Å². The molecule has 1 heterocycles. The Kier molecular flexibility index (Phi) is 6.94. The lowest BCUT2D eigenvalue weighted by Gasteiger charge is -2.11. The van der Waals surface area contributed by atoms with Gasteiger partial charge in [-0.25, -0.2) is 8.42 Å². The van der Waals surface area contributed by atoms with E-state index in [1.165, 1.54) is 31.5 Å². The van der Waals surface area contributed by atoms with Crippen LogP contribution >= 0.6 is 11.6 Å². The molecule has 0 amide bonds. The molecule has 0 unspecified atom stereocenters. The van der Waals surface area contributed by atoms with Crippen LogP contribution in [0.4, 0.5) is 0 Å². The van der Waals surface area contributed by atoms with E-state index < -0.39 is 9.84 Å². The Bertz CT molecular complexity index is 1070. The van der Waals surface area contributed by atoms with Gasteiger partial charge in [-0.15, -0.1) is 0 Å². The predicted octanol–water partition coefficient (Wildman–Crippen LogP) is 4.58. The van der Waals surface area contributed by atoms with Crippen LogP contribution in [0.3, 0.4) is 0 Å². The average molecular weight is 418 g/mol. The number of carbonyl (C=O) groups is 1. The summed E-state index contributed by atoms with van der Waals surface area (Å²) in [7, 11) is -2.15. The topological polar surface area (TPSA) is 73.3 Å². The highest BCUT2D eigenvalue weighted by Gasteiger charge is 2.21. The summed E-state index contributed by atoms with van der Waals surface area (Å²) in [5.74, 6) is -0.144. The normalized spacial score (nSPS) is 10.8. The van der Waals surface area contributed by atoms with Gasteiger partial charge in [-0.2, -0.15) is 0 Å². The van der Waals surface area contributed by atoms with Crippen LogP contribution in [-0.2, 0) is 15.6 Å². The van der Waals surface area contributed by atoms with E-state index >= 15 is 0 Å². The Morgan fingerprint density at radius 1 is 1.07 bits per heavy atom. The lowest BCUT2D eigenvalue weighted by molar-refractivity contribution is 0.103. The number of sulfone groups is 1. The van der Waals surface area contributed by atoms with E-state index in [1.807, 2.05) is 0 Å². The molecule has 0 radical (unpaired) electrons. The number of ether oxygens (including phenoxy) is 1. The molecular formula is C21H20ClNO4S. The van der Waals surface area contributed by atoms with Crippen molar-refractivity contribution in [3.05, 3.63) is 88.7 Å². The summed E-state index contributed by atoms with van der Waals surface area (Å²) in [5, 5.41) is 0.347. The van der Waals surface area contributed by atoms with Crippen LogP contribution in [0.2, 0.25) is 5.02 Å². The van der Waals surface area contributed by atoms with Gasteiger partial charge in [0.1, 0.15) is 11.4 Å². The molecule has 146 valence electrons. The minimum atomic E-state index is -3.66. The molecule has 0 saturated heterocycles. The number of nitrogens with zero attached hydrogens (tertiary/aromatic N) is 1. The second-order valence-corrected chi connectivity index (χ2v) is 8.21. The summed E-state index contributed by atoms with van der Waals surface area (Å²) in [6, 6.07) is 15.7. The number of pyridine rings is 1. The summed E-state index contributed by atoms with van der Waals surface area (Å²) in [6.45, 7) is 0. The molecule has 1 aromatic heterocycles. The largest absolute Gasteiger partial charge is 0.497 e. The van der Waals surface area contributed by atoms with Gasteiger partial charge >= 0.3 is 0 Å². The zero-order valence-electron chi connectivity index (χ0n) is 14.4. The SMILES string of the molecule is C.COc1ccc(S(=O)(=O)Cc2ccc(Cl)cc2C(=O)c2ccccn2)cc1. The molecule has 0 aliphatic rings. The van der Waals surface area contributed by atoms with Gasteiger partial charge in [0.05, 0.1) is 17.8 Å². The Hall–Kier alpha value is -2.70. The Balaban J connectivity index is 0.00000280. The maximum atomic E-state index is 12.8. The lowest BCUT2D eigenvalue weighted by Crippen LogP contribution is -2.12. The van der Waals surface area contributed by atoms with E-state index in [9.17, 15) is 13.2 Å². The van der Waals surface area contributed by atoms with Gasteiger partial charge in [-0.05, 0) is 54.1 Å². The van der Waals surface area contributed by atoms with Crippen molar-refractivity contribution in [2.75, 3.05) is 7.11 Å². The lowest BCUT2D eigenvalue weighted by atomic mass is 10.0. The van der Waals surface area contributed by atoms with Crippen LogP contribution in [0.1, 0.15) is 29.0 Å². The van der Waals surface area contributed by atoms with Crippen molar-refractivity contribution in [1.82, 2.24) is 4.98 Å². The van der Waals surface area contributed by atoms with Gasteiger partial charge in [-0.3, -0.25) is 9.78 Å². The highest BCUT2D eigenvalue weighted by molar-refractivity contribution is 7.90. The van der Waals surface area contributed by atoms with Crippen LogP contribution in [0, 0.1) is 0 Å². The van der Waals surface area contributed by atoms with Gasteiger partial charge in [0.2, 0.25) is 5.78 Å². The quantitative estimate of drug-likeness (QED) is 0.548. The number of rotatable bonds is 6. The molecule has 0 saturated carbocycles. The summed E-state index contributed by atoms with van der Waals surface area (Å²) >= 11 is 6.03. The van der Waals surface area contributed by atoms with Gasteiger partial charge in [0.25, 0.3) is 0 Å². The maximum absolute atomic E-state index is 12.8. The molecule has 0 atom stereocenters. The minimum absolute atomic E-state index is 0. The van der Waals surface area contributed by atoms with Gasteiger partial charge < -0.3 is 4.74 Å². The van der Waals surface area contributed by atoms with Crippen LogP contribution in [0.5, 0.6) is 5.75 Å². The second kappa shape index (κ2) is 8.99. The van der Waals surface area contributed by atoms with Crippen molar-refractivity contribution in [1.29, 1.82) is 0 Å². The van der Waals surface area contributed by atoms with Gasteiger partial charge in [0, 0.05) is 16.8 Å². The second-order valence-electron chi connectivity index (χ2n) is 5.78. The van der Waals surface area contributed by atoms with Crippen LogP contribution in [-0.4, -0.2) is 26.3 Å². The molecule has 28 heavy (non-hydrogen) atoms. The first-order chi connectivity index (χ1) is 12.9. The molecule has 3 aromatic rings. The maximum Gasteiger partial charge on any atom is 0.211 e. The molecule has 0 aliphatic heterocycles. The standard InChI is InChI=1S/C20H16ClNO4S.CH4/c1-26-16-7-9-17(10-8-16)27(24,25)13-14-5-6-15(21)12-18(14)20(23)19-4-2-3-11-22-19;/h2-12H,13H2,1H3;1H4. The monoisotopic (exact) mass is 417 g/mol. The molecule has 0 N–H and O–H groups in total. The summed E-state index contributed by atoms with van der Waals surface area (Å²) in [6.07, 6.45) is 1.51. The average Bonchev–Trinajstić information content (AvgIpc) is 2.69. The smallest absolute Gasteiger partial charge is 0.211 e. The van der Waals surface area contributed by atoms with Crippen LogP contribution in [0.15, 0.2) is 71.8 Å². The number of hydrogen-bond donors (Lipinski definition) is 0. The van der Waals surface area contributed by atoms with E-state index in [4.69, 9.17) is 16.3 Å². The fourth-order valence-electron chi connectivity index (χ4n) is 2.59. The number of halogens is 1. The molecule has 0 aliphatic carbocycles. The van der Waals surface area contributed by atoms with Crippen molar-refractivity contribution >= 4 is 27.2 Å². The first-order valence-corrected chi connectivity index (χ1v) is 10.0. The molecule has 7 heteroatoms. The van der Waals surface area contributed by atoms with Gasteiger partial charge in [0.15, 0.2) is 9.84 Å². The van der Waals surface area contributed by atoms with Crippen LogP contribution < -0.4 is 4.74 Å². The molecule has 0 bridgehead atoms. The van der Waals surface area contributed by atoms with E-state index in [0.717, 1.165) is 0 Å². The van der Waals surface area contributed by atoms with Crippen molar-refractivity contribution in [3.8, 4) is 5.75 Å². The number of hydrogen-bond acceptors (Lipinski definition) is 5. The molecular weight excluding hydrogens is 398 g/mol. The van der Waals surface area contributed by atoms with Crippen molar-refractivity contribution in [2.24, 2.45) is 0 Å². The Morgan fingerprint density at radius 2 is 1.79 bits per heavy atom. The molecule has 2 aromatic carbocycles. The van der Waals surface area contributed by atoms with Crippen molar-refractivity contribution in [2.45, 2.75) is 18.1 Å².